The molecule has 0 amide bonds. The van der Waals surface area contributed by atoms with E-state index in [-0.39, 0.29) is 11.9 Å². The average Bonchev–Trinajstić information content (AvgIpc) is 2.50. The first kappa shape index (κ1) is 13.8. The van der Waals surface area contributed by atoms with Gasteiger partial charge in [-0.15, -0.1) is 0 Å². The van der Waals surface area contributed by atoms with Crippen molar-refractivity contribution < 1.29 is 4.39 Å². The standard InChI is InChI=1S/C19H18FN/c1-13-9-10-16(20)12-18(13)19(21)11-15-7-4-6-14-5-2-3-8-17(14)15/h2-10,12,19H,11,21H2,1H3. The third-order valence-corrected chi connectivity index (χ3v) is 3.96. The monoisotopic (exact) mass is 279 g/mol. The van der Waals surface area contributed by atoms with Crippen LogP contribution in [0.4, 0.5) is 4.39 Å². The summed E-state index contributed by atoms with van der Waals surface area (Å²) in [5, 5.41) is 2.42. The van der Waals surface area contributed by atoms with Gasteiger partial charge in [0.1, 0.15) is 5.82 Å². The third-order valence-electron chi connectivity index (χ3n) is 3.96. The zero-order valence-electron chi connectivity index (χ0n) is 12.0. The molecular weight excluding hydrogens is 261 g/mol. The lowest BCUT2D eigenvalue weighted by molar-refractivity contribution is 0.617. The van der Waals surface area contributed by atoms with Crippen molar-refractivity contribution in [1.82, 2.24) is 0 Å². The van der Waals surface area contributed by atoms with E-state index in [0.29, 0.717) is 6.42 Å². The molecule has 0 aliphatic rings. The molecular formula is C19H18FN. The maximum atomic E-state index is 13.4. The highest BCUT2D eigenvalue weighted by atomic mass is 19.1. The molecule has 0 heterocycles. The van der Waals surface area contributed by atoms with Crippen molar-refractivity contribution in [3.8, 4) is 0 Å². The van der Waals surface area contributed by atoms with E-state index in [4.69, 9.17) is 5.73 Å². The minimum Gasteiger partial charge on any atom is -0.324 e. The lowest BCUT2D eigenvalue weighted by Gasteiger charge is -2.16. The van der Waals surface area contributed by atoms with Gasteiger partial charge in [0, 0.05) is 6.04 Å². The summed E-state index contributed by atoms with van der Waals surface area (Å²) in [4.78, 5) is 0. The Balaban J connectivity index is 1.96. The van der Waals surface area contributed by atoms with Crippen LogP contribution in [-0.2, 0) is 6.42 Å². The Morgan fingerprint density at radius 1 is 1.00 bits per heavy atom. The molecule has 0 aliphatic carbocycles. The lowest BCUT2D eigenvalue weighted by atomic mass is 9.93. The fraction of sp³-hybridized carbons (Fsp3) is 0.158. The zero-order valence-corrected chi connectivity index (χ0v) is 12.0. The second kappa shape index (κ2) is 5.66. The minimum atomic E-state index is -0.232. The minimum absolute atomic E-state index is 0.202. The molecule has 2 N–H and O–H groups in total. The molecule has 0 saturated carbocycles. The predicted octanol–water partition coefficient (Wildman–Crippen LogP) is 4.53. The van der Waals surface area contributed by atoms with Crippen LogP contribution in [0.2, 0.25) is 0 Å². The van der Waals surface area contributed by atoms with Gasteiger partial charge in [-0.05, 0) is 52.9 Å². The Hall–Kier alpha value is -2.19. The summed E-state index contributed by atoms with van der Waals surface area (Å²) in [6.45, 7) is 1.97. The molecule has 1 atom stereocenters. The van der Waals surface area contributed by atoms with Crippen molar-refractivity contribution in [1.29, 1.82) is 0 Å². The molecule has 0 aliphatic heterocycles. The van der Waals surface area contributed by atoms with E-state index >= 15 is 0 Å². The van der Waals surface area contributed by atoms with Crippen LogP contribution >= 0.6 is 0 Å². The summed E-state index contributed by atoms with van der Waals surface area (Å²) in [6.07, 6.45) is 0.700. The van der Waals surface area contributed by atoms with Crippen LogP contribution in [0.3, 0.4) is 0 Å². The van der Waals surface area contributed by atoms with Crippen LogP contribution in [0.15, 0.2) is 60.7 Å². The maximum Gasteiger partial charge on any atom is 0.123 e. The molecule has 3 rings (SSSR count). The van der Waals surface area contributed by atoms with E-state index in [1.54, 1.807) is 12.1 Å². The van der Waals surface area contributed by atoms with E-state index < -0.39 is 0 Å². The van der Waals surface area contributed by atoms with Crippen molar-refractivity contribution in [2.24, 2.45) is 5.73 Å². The first-order chi connectivity index (χ1) is 10.1. The molecule has 21 heavy (non-hydrogen) atoms. The summed E-state index contributed by atoms with van der Waals surface area (Å²) < 4.78 is 13.4. The topological polar surface area (TPSA) is 26.0 Å². The number of hydrogen-bond donors (Lipinski definition) is 1. The SMILES string of the molecule is Cc1ccc(F)cc1C(N)Cc1cccc2ccccc12. The van der Waals surface area contributed by atoms with Gasteiger partial charge in [0.05, 0.1) is 0 Å². The predicted molar refractivity (Wildman–Crippen MR) is 85.7 cm³/mol. The van der Waals surface area contributed by atoms with Crippen LogP contribution < -0.4 is 5.73 Å². The van der Waals surface area contributed by atoms with Gasteiger partial charge in [0.2, 0.25) is 0 Å². The smallest absolute Gasteiger partial charge is 0.123 e. The van der Waals surface area contributed by atoms with Gasteiger partial charge in [-0.2, -0.15) is 0 Å². The molecule has 0 spiro atoms. The molecule has 2 heteroatoms. The van der Waals surface area contributed by atoms with Crippen molar-refractivity contribution in [2.75, 3.05) is 0 Å². The number of halogens is 1. The van der Waals surface area contributed by atoms with Gasteiger partial charge >= 0.3 is 0 Å². The fourth-order valence-corrected chi connectivity index (χ4v) is 2.83. The average molecular weight is 279 g/mol. The Bertz CT molecular complexity index is 774. The second-order valence-electron chi connectivity index (χ2n) is 5.45. The molecule has 0 saturated heterocycles. The number of aryl methyl sites for hydroxylation is 1. The summed E-state index contributed by atoms with van der Waals surface area (Å²) >= 11 is 0. The number of nitrogens with two attached hydrogens (primary N) is 1. The summed E-state index contributed by atoms with van der Waals surface area (Å²) in [5.41, 5.74) is 9.43. The van der Waals surface area contributed by atoms with Crippen LogP contribution in [0.5, 0.6) is 0 Å². The highest BCUT2D eigenvalue weighted by Gasteiger charge is 2.12. The van der Waals surface area contributed by atoms with Gasteiger partial charge < -0.3 is 5.73 Å². The number of fused-ring (bicyclic) bond motifs is 1. The van der Waals surface area contributed by atoms with Crippen molar-refractivity contribution in [2.45, 2.75) is 19.4 Å². The van der Waals surface area contributed by atoms with E-state index in [9.17, 15) is 4.39 Å². The Morgan fingerprint density at radius 2 is 1.76 bits per heavy atom. The quantitative estimate of drug-likeness (QED) is 0.749. The van der Waals surface area contributed by atoms with E-state index in [0.717, 1.165) is 11.1 Å². The highest BCUT2D eigenvalue weighted by molar-refractivity contribution is 5.85. The molecule has 3 aromatic rings. The van der Waals surface area contributed by atoms with E-state index in [1.165, 1.54) is 22.4 Å². The van der Waals surface area contributed by atoms with Crippen LogP contribution in [-0.4, -0.2) is 0 Å². The Morgan fingerprint density at radius 3 is 2.62 bits per heavy atom. The van der Waals surface area contributed by atoms with Crippen LogP contribution in [0, 0.1) is 12.7 Å². The molecule has 0 fully saturated rings. The third kappa shape index (κ3) is 2.81. The lowest BCUT2D eigenvalue weighted by Crippen LogP contribution is -2.15. The Labute approximate surface area is 124 Å². The molecule has 0 radical (unpaired) electrons. The number of hydrogen-bond acceptors (Lipinski definition) is 1. The second-order valence-corrected chi connectivity index (χ2v) is 5.45. The van der Waals surface area contributed by atoms with Crippen LogP contribution in [0.1, 0.15) is 22.7 Å². The molecule has 3 aromatic carbocycles. The van der Waals surface area contributed by atoms with E-state index in [1.807, 2.05) is 25.1 Å². The highest BCUT2D eigenvalue weighted by Crippen LogP contribution is 2.25. The van der Waals surface area contributed by atoms with Gasteiger partial charge in [-0.1, -0.05) is 48.5 Å². The zero-order chi connectivity index (χ0) is 14.8. The molecule has 0 aromatic heterocycles. The largest absolute Gasteiger partial charge is 0.324 e. The normalized spacial score (nSPS) is 12.5. The summed E-state index contributed by atoms with van der Waals surface area (Å²) in [6, 6.07) is 19.1. The molecule has 0 bridgehead atoms. The molecule has 1 unspecified atom stereocenters. The van der Waals surface area contributed by atoms with Crippen molar-refractivity contribution in [3.05, 3.63) is 83.2 Å². The summed E-state index contributed by atoms with van der Waals surface area (Å²) in [5.74, 6) is -0.232. The summed E-state index contributed by atoms with van der Waals surface area (Å²) in [7, 11) is 0. The first-order valence-electron chi connectivity index (χ1n) is 7.13. The number of benzene rings is 3. The molecule has 1 nitrogen and oxygen atoms in total. The van der Waals surface area contributed by atoms with Gasteiger partial charge in [0.25, 0.3) is 0 Å². The molecule has 106 valence electrons. The maximum absolute atomic E-state index is 13.4. The fourth-order valence-electron chi connectivity index (χ4n) is 2.83. The van der Waals surface area contributed by atoms with Crippen molar-refractivity contribution >= 4 is 10.8 Å². The first-order valence-corrected chi connectivity index (χ1v) is 7.13. The number of rotatable bonds is 3. The van der Waals surface area contributed by atoms with Gasteiger partial charge in [-0.3, -0.25) is 0 Å². The van der Waals surface area contributed by atoms with Crippen molar-refractivity contribution in [3.63, 3.8) is 0 Å². The van der Waals surface area contributed by atoms with E-state index in [2.05, 4.69) is 24.3 Å². The Kier molecular flexibility index (Phi) is 3.72. The van der Waals surface area contributed by atoms with Gasteiger partial charge in [-0.25, -0.2) is 4.39 Å². The van der Waals surface area contributed by atoms with Gasteiger partial charge in [0.15, 0.2) is 0 Å². The van der Waals surface area contributed by atoms with Crippen LogP contribution in [0.25, 0.3) is 10.8 Å².